The SMILES string of the molecule is CCCC(=O)N1CCOC(C(=O)O)C1. The fourth-order valence-electron chi connectivity index (χ4n) is 1.40. The van der Waals surface area contributed by atoms with E-state index < -0.39 is 12.1 Å². The Morgan fingerprint density at radius 2 is 2.29 bits per heavy atom. The van der Waals surface area contributed by atoms with Crippen LogP contribution < -0.4 is 0 Å². The van der Waals surface area contributed by atoms with Crippen molar-refractivity contribution in [2.45, 2.75) is 25.9 Å². The molecule has 5 nitrogen and oxygen atoms in total. The van der Waals surface area contributed by atoms with E-state index in [1.807, 2.05) is 6.92 Å². The molecule has 0 aromatic rings. The molecule has 0 bridgehead atoms. The van der Waals surface area contributed by atoms with Crippen molar-refractivity contribution in [3.05, 3.63) is 0 Å². The second-order valence-corrected chi connectivity index (χ2v) is 3.29. The number of amides is 1. The number of aliphatic carboxylic acids is 1. The number of carboxylic acid groups (broad SMARTS) is 1. The Bertz CT molecular complexity index is 229. The topological polar surface area (TPSA) is 66.8 Å². The van der Waals surface area contributed by atoms with Gasteiger partial charge in [-0.15, -0.1) is 0 Å². The van der Waals surface area contributed by atoms with Gasteiger partial charge in [-0.25, -0.2) is 4.79 Å². The normalized spacial score (nSPS) is 22.1. The van der Waals surface area contributed by atoms with Gasteiger partial charge in [-0.3, -0.25) is 4.79 Å². The maximum atomic E-state index is 11.4. The third kappa shape index (κ3) is 2.70. The van der Waals surface area contributed by atoms with Gasteiger partial charge in [-0.1, -0.05) is 6.92 Å². The Labute approximate surface area is 82.6 Å². The highest BCUT2D eigenvalue weighted by Gasteiger charge is 2.28. The summed E-state index contributed by atoms with van der Waals surface area (Å²) in [5.41, 5.74) is 0. The maximum Gasteiger partial charge on any atom is 0.334 e. The van der Waals surface area contributed by atoms with Crippen LogP contribution in [0.15, 0.2) is 0 Å². The standard InChI is InChI=1S/C9H15NO4/c1-2-3-8(11)10-4-5-14-7(6-10)9(12)13/h7H,2-6H2,1H3,(H,12,13). The van der Waals surface area contributed by atoms with Crippen molar-refractivity contribution in [3.8, 4) is 0 Å². The molecule has 1 rings (SSSR count). The van der Waals surface area contributed by atoms with Crippen molar-refractivity contribution in [3.63, 3.8) is 0 Å². The third-order valence-corrected chi connectivity index (χ3v) is 2.16. The molecule has 1 N–H and O–H groups in total. The first-order valence-electron chi connectivity index (χ1n) is 4.77. The van der Waals surface area contributed by atoms with Crippen LogP contribution in [0, 0.1) is 0 Å². The van der Waals surface area contributed by atoms with Crippen molar-refractivity contribution in [1.82, 2.24) is 4.90 Å². The number of carbonyl (C=O) groups excluding carboxylic acids is 1. The van der Waals surface area contributed by atoms with Crippen LogP contribution in [0.4, 0.5) is 0 Å². The number of nitrogens with zero attached hydrogens (tertiary/aromatic N) is 1. The van der Waals surface area contributed by atoms with Crippen molar-refractivity contribution in [1.29, 1.82) is 0 Å². The summed E-state index contributed by atoms with van der Waals surface area (Å²) in [6.45, 7) is 2.91. The number of ether oxygens (including phenoxy) is 1. The molecule has 0 aliphatic carbocycles. The second-order valence-electron chi connectivity index (χ2n) is 3.29. The zero-order chi connectivity index (χ0) is 10.6. The predicted octanol–water partition coefficient (Wildman–Crippen LogP) is 0.0985. The molecule has 1 amide bonds. The molecule has 0 aromatic heterocycles. The Kier molecular flexibility index (Phi) is 3.88. The lowest BCUT2D eigenvalue weighted by Crippen LogP contribution is -2.48. The van der Waals surface area contributed by atoms with Crippen molar-refractivity contribution in [2.24, 2.45) is 0 Å². The number of hydrogen-bond acceptors (Lipinski definition) is 3. The smallest absolute Gasteiger partial charge is 0.334 e. The van der Waals surface area contributed by atoms with E-state index in [0.717, 1.165) is 6.42 Å². The average molecular weight is 201 g/mol. The summed E-state index contributed by atoms with van der Waals surface area (Å²) >= 11 is 0. The molecule has 1 fully saturated rings. The average Bonchev–Trinajstić information content (AvgIpc) is 2.18. The third-order valence-electron chi connectivity index (χ3n) is 2.16. The van der Waals surface area contributed by atoms with Crippen molar-refractivity contribution in [2.75, 3.05) is 19.7 Å². The Morgan fingerprint density at radius 1 is 1.57 bits per heavy atom. The van der Waals surface area contributed by atoms with Crippen LogP contribution in [0.2, 0.25) is 0 Å². The zero-order valence-electron chi connectivity index (χ0n) is 8.23. The fraction of sp³-hybridized carbons (Fsp3) is 0.778. The van der Waals surface area contributed by atoms with Gasteiger partial charge in [0.15, 0.2) is 6.10 Å². The minimum Gasteiger partial charge on any atom is -0.479 e. The molecule has 14 heavy (non-hydrogen) atoms. The summed E-state index contributed by atoms with van der Waals surface area (Å²) in [6.07, 6.45) is 0.407. The fourth-order valence-corrected chi connectivity index (χ4v) is 1.40. The van der Waals surface area contributed by atoms with E-state index in [9.17, 15) is 9.59 Å². The van der Waals surface area contributed by atoms with Gasteiger partial charge in [0.2, 0.25) is 5.91 Å². The maximum absolute atomic E-state index is 11.4. The van der Waals surface area contributed by atoms with Gasteiger partial charge in [0.05, 0.1) is 13.2 Å². The molecule has 0 radical (unpaired) electrons. The Morgan fingerprint density at radius 3 is 2.86 bits per heavy atom. The van der Waals surface area contributed by atoms with Crippen LogP contribution in [0.1, 0.15) is 19.8 Å². The largest absolute Gasteiger partial charge is 0.479 e. The summed E-state index contributed by atoms with van der Waals surface area (Å²) in [5.74, 6) is -0.985. The molecule has 1 unspecified atom stereocenters. The number of rotatable bonds is 3. The molecule has 1 aliphatic rings. The van der Waals surface area contributed by atoms with Crippen LogP contribution in [-0.4, -0.2) is 47.7 Å². The lowest BCUT2D eigenvalue weighted by Gasteiger charge is -2.30. The molecule has 1 heterocycles. The van der Waals surface area contributed by atoms with Gasteiger partial charge in [-0.2, -0.15) is 0 Å². The molecule has 0 saturated carbocycles. The molecule has 1 atom stereocenters. The highest BCUT2D eigenvalue weighted by atomic mass is 16.5. The molecule has 80 valence electrons. The molecule has 1 aliphatic heterocycles. The van der Waals surface area contributed by atoms with E-state index in [1.165, 1.54) is 0 Å². The van der Waals surface area contributed by atoms with Gasteiger partial charge in [-0.05, 0) is 6.42 Å². The molecule has 1 saturated heterocycles. The quantitative estimate of drug-likeness (QED) is 0.703. The summed E-state index contributed by atoms with van der Waals surface area (Å²) in [5, 5.41) is 8.70. The Hall–Kier alpha value is -1.10. The van der Waals surface area contributed by atoms with Gasteiger partial charge < -0.3 is 14.7 Å². The van der Waals surface area contributed by atoms with Crippen LogP contribution in [0.3, 0.4) is 0 Å². The van der Waals surface area contributed by atoms with Crippen molar-refractivity contribution < 1.29 is 19.4 Å². The van der Waals surface area contributed by atoms with Crippen molar-refractivity contribution >= 4 is 11.9 Å². The first-order chi connectivity index (χ1) is 6.65. The van der Waals surface area contributed by atoms with Crippen LogP contribution in [-0.2, 0) is 14.3 Å². The van der Waals surface area contributed by atoms with E-state index in [1.54, 1.807) is 4.90 Å². The number of carboxylic acids is 1. The first kappa shape index (κ1) is 11.0. The number of hydrogen-bond donors (Lipinski definition) is 1. The molecule has 0 spiro atoms. The van der Waals surface area contributed by atoms with E-state index in [0.29, 0.717) is 19.6 Å². The van der Waals surface area contributed by atoms with E-state index >= 15 is 0 Å². The second kappa shape index (κ2) is 4.95. The predicted molar refractivity (Wildman–Crippen MR) is 48.9 cm³/mol. The summed E-state index contributed by atoms with van der Waals surface area (Å²) < 4.78 is 5.00. The minimum atomic E-state index is -1.00. The molecule has 0 aromatic carbocycles. The van der Waals surface area contributed by atoms with Crippen LogP contribution in [0.25, 0.3) is 0 Å². The summed E-state index contributed by atoms with van der Waals surface area (Å²) in [4.78, 5) is 23.6. The summed E-state index contributed by atoms with van der Waals surface area (Å²) in [7, 11) is 0. The van der Waals surface area contributed by atoms with Crippen LogP contribution in [0.5, 0.6) is 0 Å². The first-order valence-corrected chi connectivity index (χ1v) is 4.77. The van der Waals surface area contributed by atoms with Crippen LogP contribution >= 0.6 is 0 Å². The van der Waals surface area contributed by atoms with E-state index in [4.69, 9.17) is 9.84 Å². The number of morpholine rings is 1. The number of carbonyl (C=O) groups is 2. The zero-order valence-corrected chi connectivity index (χ0v) is 8.23. The molecular weight excluding hydrogens is 186 g/mol. The highest BCUT2D eigenvalue weighted by Crippen LogP contribution is 2.07. The van der Waals surface area contributed by atoms with E-state index in [2.05, 4.69) is 0 Å². The summed E-state index contributed by atoms with van der Waals surface area (Å²) in [6, 6.07) is 0. The minimum absolute atomic E-state index is 0.0158. The lowest BCUT2D eigenvalue weighted by atomic mass is 10.2. The monoisotopic (exact) mass is 201 g/mol. The molecular formula is C9H15NO4. The Balaban J connectivity index is 2.47. The van der Waals surface area contributed by atoms with Gasteiger partial charge >= 0.3 is 5.97 Å². The highest BCUT2D eigenvalue weighted by molar-refractivity contribution is 5.78. The lowest BCUT2D eigenvalue weighted by molar-refractivity contribution is -0.159. The van der Waals surface area contributed by atoms with Gasteiger partial charge in [0, 0.05) is 13.0 Å². The van der Waals surface area contributed by atoms with Gasteiger partial charge in [0.1, 0.15) is 0 Å². The molecule has 5 heteroatoms. The van der Waals surface area contributed by atoms with Gasteiger partial charge in [0.25, 0.3) is 0 Å². The van der Waals surface area contributed by atoms with E-state index in [-0.39, 0.29) is 12.5 Å².